The molecule has 0 aromatic heterocycles. The molecule has 1 aromatic carbocycles. The fourth-order valence-corrected chi connectivity index (χ4v) is 3.18. The lowest BCUT2D eigenvalue weighted by molar-refractivity contribution is 1.48. The lowest BCUT2D eigenvalue weighted by Gasteiger charge is -2.09. The summed E-state index contributed by atoms with van der Waals surface area (Å²) in [6.45, 7) is 0. The van der Waals surface area contributed by atoms with Gasteiger partial charge < -0.3 is 10.6 Å². The van der Waals surface area contributed by atoms with E-state index in [0.717, 1.165) is 5.69 Å². The number of benzene rings is 1. The Bertz CT molecular complexity index is 265. The zero-order valence-corrected chi connectivity index (χ0v) is 10.3. The minimum absolute atomic E-state index is 0.250. The van der Waals surface area contributed by atoms with Crippen molar-refractivity contribution in [3.63, 3.8) is 0 Å². The molecule has 4 heteroatoms. The van der Waals surface area contributed by atoms with Crippen LogP contribution in [0.1, 0.15) is 0 Å². The molecule has 0 saturated carbocycles. The molecule has 0 fully saturated rings. The number of anilines is 2. The molecule has 0 radical (unpaired) electrons. The van der Waals surface area contributed by atoms with Gasteiger partial charge in [0, 0.05) is 25.5 Å². The molecule has 0 heterocycles. The Morgan fingerprint density at radius 1 is 1.25 bits per heavy atom. The monoisotopic (exact) mass is 238 g/mol. The predicted molar refractivity (Wildman–Crippen MR) is 59.9 cm³/mol. The molecular weight excluding hydrogens is 228 g/mol. The van der Waals surface area contributed by atoms with Crippen molar-refractivity contribution in [2.45, 2.75) is 0 Å². The summed E-state index contributed by atoms with van der Waals surface area (Å²) in [6, 6.07) is 6.40. The lowest BCUT2D eigenvalue weighted by Crippen LogP contribution is -2.14. The van der Waals surface area contributed by atoms with E-state index in [1.807, 2.05) is 14.1 Å². The molecule has 0 aliphatic carbocycles. The predicted octanol–water partition coefficient (Wildman–Crippen LogP) is 1.41. The third-order valence-corrected chi connectivity index (χ3v) is 4.53. The first-order valence-electron chi connectivity index (χ1n) is 3.86. The van der Waals surface area contributed by atoms with Crippen molar-refractivity contribution in [3.05, 3.63) is 18.2 Å². The summed E-state index contributed by atoms with van der Waals surface area (Å²) < 4.78 is 1.41. The molecule has 1 rings (SSSR count). The van der Waals surface area contributed by atoms with Gasteiger partial charge in [-0.15, -0.1) is 3.69 Å². The fourth-order valence-electron chi connectivity index (χ4n) is 1.08. The highest BCUT2D eigenvalue weighted by Crippen LogP contribution is 2.11. The maximum Gasteiger partial charge on any atom is 0.510 e. The molecule has 12 heavy (non-hydrogen) atoms. The van der Waals surface area contributed by atoms with Crippen molar-refractivity contribution < 1.29 is 0 Å². The molecule has 0 unspecified atom stereocenters. The van der Waals surface area contributed by atoms with E-state index in [9.17, 15) is 0 Å². The molecule has 0 saturated heterocycles. The van der Waals surface area contributed by atoms with E-state index >= 15 is 0 Å². The maximum atomic E-state index is 3.57. The number of rotatable bonds is 3. The highest BCUT2D eigenvalue weighted by Gasteiger charge is 2.01. The number of nitrogens with one attached hydrogen (secondary N) is 2. The molecule has 2 nitrogen and oxygen atoms in total. The number of halogens is 1. The van der Waals surface area contributed by atoms with Crippen LogP contribution in [-0.4, -0.2) is 32.3 Å². The third-order valence-electron chi connectivity index (χ3n) is 1.81. The van der Waals surface area contributed by atoms with Crippen LogP contribution in [0.4, 0.5) is 11.4 Å². The Hall–Kier alpha value is 0.0662. The van der Waals surface area contributed by atoms with Gasteiger partial charge in [0.2, 0.25) is 0 Å². The Balaban J connectivity index is 3.02. The van der Waals surface area contributed by atoms with Gasteiger partial charge in [-0.05, 0) is 12.1 Å². The standard InChI is InChI=1S/C8H11N2.BrH.Mg/c1-9-7-4-3-5-8(6-7)10-2;;/h3-4,6,9-10H,1-2H3;1H;/q;;+1/p-1. The van der Waals surface area contributed by atoms with Gasteiger partial charge in [-0.25, -0.2) is 0 Å². The van der Waals surface area contributed by atoms with Gasteiger partial charge in [0.1, 0.15) is 0 Å². The van der Waals surface area contributed by atoms with Crippen molar-refractivity contribution >= 4 is 46.1 Å². The number of hydrogen-bond donors (Lipinski definition) is 2. The van der Waals surface area contributed by atoms with Crippen LogP contribution in [0.5, 0.6) is 0 Å². The van der Waals surface area contributed by atoms with Gasteiger partial charge in [0.25, 0.3) is 0 Å². The van der Waals surface area contributed by atoms with Crippen molar-refractivity contribution in [3.8, 4) is 0 Å². The summed E-state index contributed by atoms with van der Waals surface area (Å²) in [5.74, 6) is 0. The molecule has 62 valence electrons. The van der Waals surface area contributed by atoms with Crippen LogP contribution in [0.2, 0.25) is 0 Å². The summed E-state index contributed by atoms with van der Waals surface area (Å²) in [6.07, 6.45) is 0. The number of hydrogen-bond acceptors (Lipinski definition) is 2. The Morgan fingerprint density at radius 2 is 2.00 bits per heavy atom. The molecule has 0 amide bonds. The van der Waals surface area contributed by atoms with Crippen molar-refractivity contribution in [1.29, 1.82) is 0 Å². The summed E-state index contributed by atoms with van der Waals surface area (Å²) >= 11 is 3.32. The Morgan fingerprint density at radius 3 is 2.50 bits per heavy atom. The summed E-state index contributed by atoms with van der Waals surface area (Å²) in [5.41, 5.74) is 2.38. The molecule has 1 aromatic rings. The summed E-state index contributed by atoms with van der Waals surface area (Å²) in [5, 5.41) is 6.30. The van der Waals surface area contributed by atoms with Crippen LogP contribution in [0.15, 0.2) is 18.2 Å². The van der Waals surface area contributed by atoms with Crippen molar-refractivity contribution in [2.75, 3.05) is 24.7 Å². The normalized spacial score (nSPS) is 8.92. The molecule has 2 N–H and O–H groups in total. The first-order valence-corrected chi connectivity index (χ1v) is 8.46. The minimum Gasteiger partial charge on any atom is -0.390 e. The van der Waals surface area contributed by atoms with E-state index in [-0.39, 0.29) is 18.2 Å². The van der Waals surface area contributed by atoms with Gasteiger partial charge >= 0.3 is 18.2 Å². The third kappa shape index (κ3) is 2.28. The fraction of sp³-hybridized carbons (Fsp3) is 0.250. The molecular formula is C8H11BrMgN2. The van der Waals surface area contributed by atoms with E-state index in [2.05, 4.69) is 41.7 Å². The van der Waals surface area contributed by atoms with Gasteiger partial charge in [-0.1, -0.05) is 6.07 Å². The van der Waals surface area contributed by atoms with E-state index in [1.165, 1.54) is 9.38 Å². The van der Waals surface area contributed by atoms with E-state index in [4.69, 9.17) is 0 Å². The topological polar surface area (TPSA) is 24.1 Å². The van der Waals surface area contributed by atoms with Crippen LogP contribution in [-0.2, 0) is 0 Å². The van der Waals surface area contributed by atoms with E-state index in [0.29, 0.717) is 0 Å². The van der Waals surface area contributed by atoms with Crippen LogP contribution in [0.3, 0.4) is 0 Å². The molecule has 0 spiro atoms. The largest absolute Gasteiger partial charge is 0.510 e. The van der Waals surface area contributed by atoms with Gasteiger partial charge in [-0.3, -0.25) is 12.9 Å². The van der Waals surface area contributed by atoms with E-state index in [1.54, 1.807) is 0 Å². The van der Waals surface area contributed by atoms with Gasteiger partial charge in [0.05, 0.1) is 0 Å². The zero-order chi connectivity index (χ0) is 8.97. The summed E-state index contributed by atoms with van der Waals surface area (Å²) in [7, 11) is 3.88. The first kappa shape index (κ1) is 10.1. The maximum absolute atomic E-state index is 3.57. The van der Waals surface area contributed by atoms with E-state index < -0.39 is 0 Å². The van der Waals surface area contributed by atoms with Crippen LogP contribution in [0.25, 0.3) is 0 Å². The smallest absolute Gasteiger partial charge is 0.390 e. The second kappa shape index (κ2) is 4.94. The quantitative estimate of drug-likeness (QED) is 0.779. The summed E-state index contributed by atoms with van der Waals surface area (Å²) in [4.78, 5) is 0. The van der Waals surface area contributed by atoms with Crippen LogP contribution in [0, 0.1) is 0 Å². The Kier molecular flexibility index (Phi) is 4.18. The minimum atomic E-state index is -0.250. The van der Waals surface area contributed by atoms with Crippen molar-refractivity contribution in [2.24, 2.45) is 0 Å². The average Bonchev–Trinajstić information content (AvgIpc) is 2.16. The zero-order valence-electron chi connectivity index (χ0n) is 7.32. The SMILES string of the molecule is CNc1cc[c]([Mg][Br])c(NC)c1. The van der Waals surface area contributed by atoms with Gasteiger partial charge in [0.15, 0.2) is 0 Å². The molecule has 0 aliphatic heterocycles. The second-order valence-electron chi connectivity index (χ2n) is 2.51. The average molecular weight is 239 g/mol. The highest BCUT2D eigenvalue weighted by molar-refractivity contribution is 9.23. The second-order valence-corrected chi connectivity index (χ2v) is 5.22. The first-order chi connectivity index (χ1) is 5.81. The van der Waals surface area contributed by atoms with Crippen LogP contribution >= 0.6 is 12.9 Å². The molecule has 0 bridgehead atoms. The lowest BCUT2D eigenvalue weighted by atomic mass is 10.3. The highest BCUT2D eigenvalue weighted by atomic mass is 79.9. The molecule has 0 atom stereocenters. The Labute approximate surface area is 88.7 Å². The van der Waals surface area contributed by atoms with Crippen molar-refractivity contribution in [1.82, 2.24) is 0 Å². The molecule has 0 aliphatic rings. The van der Waals surface area contributed by atoms with Gasteiger partial charge in [-0.2, -0.15) is 0 Å². The van der Waals surface area contributed by atoms with Crippen LogP contribution < -0.4 is 14.3 Å².